The summed E-state index contributed by atoms with van der Waals surface area (Å²) in [6.45, 7) is 0. The molecule has 0 N–H and O–H groups in total. The predicted octanol–water partition coefficient (Wildman–Crippen LogP) is 5.95. The molecule has 1 aromatic carbocycles. The van der Waals surface area contributed by atoms with Gasteiger partial charge in [-0.05, 0) is 55.5 Å². The lowest BCUT2D eigenvalue weighted by molar-refractivity contribution is 0.950. The maximum atomic E-state index is 3.74. The van der Waals surface area contributed by atoms with Crippen molar-refractivity contribution in [3.8, 4) is 0 Å². The van der Waals surface area contributed by atoms with Crippen LogP contribution in [-0.4, -0.2) is 0 Å². The van der Waals surface area contributed by atoms with E-state index in [4.69, 9.17) is 0 Å². The summed E-state index contributed by atoms with van der Waals surface area (Å²) in [5.74, 6) is 0. The first-order valence-corrected chi connectivity index (χ1v) is 8.11. The van der Waals surface area contributed by atoms with Crippen LogP contribution in [0, 0.1) is 0 Å². The molecule has 84 valence electrons. The third kappa shape index (κ3) is 3.19. The van der Waals surface area contributed by atoms with E-state index in [1.807, 2.05) is 6.07 Å². The van der Waals surface area contributed by atoms with Crippen LogP contribution < -0.4 is 0 Å². The van der Waals surface area contributed by atoms with E-state index in [0.717, 1.165) is 10.2 Å². The van der Waals surface area contributed by atoms with Crippen LogP contribution in [0.15, 0.2) is 44.0 Å². The molecule has 1 atom stereocenters. The first kappa shape index (κ1) is 12.8. The minimum absolute atomic E-state index is 0.354. The lowest BCUT2D eigenvalue weighted by Crippen LogP contribution is -1.93. The number of halogens is 3. The quantitative estimate of drug-likeness (QED) is 0.534. The Morgan fingerprint density at radius 2 is 1.81 bits per heavy atom. The minimum atomic E-state index is 0.354. The van der Waals surface area contributed by atoms with Crippen LogP contribution in [0.1, 0.15) is 16.0 Å². The van der Waals surface area contributed by atoms with E-state index in [1.54, 1.807) is 11.3 Å². The van der Waals surface area contributed by atoms with Crippen molar-refractivity contribution >= 4 is 59.1 Å². The average Bonchev–Trinajstić information content (AvgIpc) is 2.59. The minimum Gasteiger partial charge on any atom is -0.121 e. The van der Waals surface area contributed by atoms with E-state index in [0.29, 0.717) is 4.83 Å². The van der Waals surface area contributed by atoms with Crippen molar-refractivity contribution < 1.29 is 0 Å². The number of hydrogen-bond donors (Lipinski definition) is 0. The third-order valence-electron chi connectivity index (χ3n) is 2.28. The van der Waals surface area contributed by atoms with Gasteiger partial charge in [0.15, 0.2) is 0 Å². The summed E-state index contributed by atoms with van der Waals surface area (Å²) in [4.78, 5) is 0.354. The standard InChI is InChI=1S/C12H9Br3S/c13-10(6-8-4-2-1-3-5-8)9-7-11(14)16-12(9)15/h1-5,7,10H,6H2. The van der Waals surface area contributed by atoms with E-state index in [-0.39, 0.29) is 0 Å². The summed E-state index contributed by atoms with van der Waals surface area (Å²) < 4.78 is 2.35. The number of hydrogen-bond acceptors (Lipinski definition) is 1. The highest BCUT2D eigenvalue weighted by molar-refractivity contribution is 9.12. The van der Waals surface area contributed by atoms with Crippen molar-refractivity contribution in [1.29, 1.82) is 0 Å². The molecule has 0 saturated carbocycles. The highest BCUT2D eigenvalue weighted by Crippen LogP contribution is 2.40. The maximum Gasteiger partial charge on any atom is 0.0753 e. The van der Waals surface area contributed by atoms with Gasteiger partial charge < -0.3 is 0 Å². The number of benzene rings is 1. The Morgan fingerprint density at radius 1 is 1.12 bits per heavy atom. The van der Waals surface area contributed by atoms with Crippen LogP contribution in [-0.2, 0) is 6.42 Å². The zero-order chi connectivity index (χ0) is 11.5. The molecular weight excluding hydrogens is 416 g/mol. The summed E-state index contributed by atoms with van der Waals surface area (Å²) >= 11 is 12.5. The second kappa shape index (κ2) is 5.80. The first-order chi connectivity index (χ1) is 7.66. The van der Waals surface area contributed by atoms with Crippen molar-refractivity contribution in [1.82, 2.24) is 0 Å². The molecule has 0 radical (unpaired) electrons. The van der Waals surface area contributed by atoms with Crippen LogP contribution >= 0.6 is 59.1 Å². The number of alkyl halides is 1. The van der Waals surface area contributed by atoms with Gasteiger partial charge in [0.1, 0.15) is 0 Å². The van der Waals surface area contributed by atoms with Gasteiger partial charge in [0.05, 0.1) is 7.57 Å². The zero-order valence-corrected chi connectivity index (χ0v) is 13.9. The molecule has 0 saturated heterocycles. The molecule has 2 aromatic rings. The van der Waals surface area contributed by atoms with Gasteiger partial charge in [-0.25, -0.2) is 0 Å². The molecule has 16 heavy (non-hydrogen) atoms. The number of rotatable bonds is 3. The van der Waals surface area contributed by atoms with E-state index in [2.05, 4.69) is 78.1 Å². The van der Waals surface area contributed by atoms with Gasteiger partial charge in [-0.15, -0.1) is 11.3 Å². The summed E-state index contributed by atoms with van der Waals surface area (Å²) in [5, 5.41) is 0. The molecule has 0 bridgehead atoms. The van der Waals surface area contributed by atoms with Crippen LogP contribution in [0.3, 0.4) is 0 Å². The molecule has 0 fully saturated rings. The van der Waals surface area contributed by atoms with Crippen LogP contribution in [0.5, 0.6) is 0 Å². The highest BCUT2D eigenvalue weighted by atomic mass is 79.9. The molecule has 0 amide bonds. The normalized spacial score (nSPS) is 12.7. The second-order valence-corrected chi connectivity index (χ2v) is 8.29. The van der Waals surface area contributed by atoms with E-state index in [9.17, 15) is 0 Å². The van der Waals surface area contributed by atoms with Crippen molar-refractivity contribution in [2.45, 2.75) is 11.2 Å². The van der Waals surface area contributed by atoms with Gasteiger partial charge in [0.2, 0.25) is 0 Å². The van der Waals surface area contributed by atoms with Gasteiger partial charge in [0.25, 0.3) is 0 Å². The Kier molecular flexibility index (Phi) is 4.65. The topological polar surface area (TPSA) is 0 Å². The lowest BCUT2D eigenvalue weighted by atomic mass is 10.1. The average molecular weight is 425 g/mol. The fourth-order valence-electron chi connectivity index (χ4n) is 1.50. The Balaban J connectivity index is 2.14. The lowest BCUT2D eigenvalue weighted by Gasteiger charge is -2.08. The molecule has 0 aliphatic carbocycles. The molecule has 2 rings (SSSR count). The fourth-order valence-corrected chi connectivity index (χ4v) is 5.67. The summed E-state index contributed by atoms with van der Waals surface area (Å²) in [5.41, 5.74) is 2.65. The second-order valence-electron chi connectivity index (χ2n) is 3.44. The van der Waals surface area contributed by atoms with Gasteiger partial charge in [-0.1, -0.05) is 46.3 Å². The Hall–Kier alpha value is 0.360. The van der Waals surface area contributed by atoms with Crippen molar-refractivity contribution in [2.24, 2.45) is 0 Å². The fraction of sp³-hybridized carbons (Fsp3) is 0.167. The van der Waals surface area contributed by atoms with Gasteiger partial charge in [-0.2, -0.15) is 0 Å². The SMILES string of the molecule is Brc1cc(C(Br)Cc2ccccc2)c(Br)s1. The third-order valence-corrected chi connectivity index (χ3v) is 5.48. The Labute approximate surface area is 124 Å². The van der Waals surface area contributed by atoms with Crippen molar-refractivity contribution in [2.75, 3.05) is 0 Å². The molecule has 0 nitrogen and oxygen atoms in total. The van der Waals surface area contributed by atoms with Gasteiger partial charge in [0, 0.05) is 4.83 Å². The maximum absolute atomic E-state index is 3.74. The molecule has 0 aliphatic rings. The van der Waals surface area contributed by atoms with Gasteiger partial charge >= 0.3 is 0 Å². The predicted molar refractivity (Wildman–Crippen MR) is 81.5 cm³/mol. The molecule has 1 aromatic heterocycles. The summed E-state index contributed by atoms with van der Waals surface area (Å²) in [6, 6.07) is 12.7. The smallest absolute Gasteiger partial charge is 0.0753 e. The molecule has 0 spiro atoms. The first-order valence-electron chi connectivity index (χ1n) is 4.79. The largest absolute Gasteiger partial charge is 0.121 e. The summed E-state index contributed by atoms with van der Waals surface area (Å²) in [7, 11) is 0. The van der Waals surface area contributed by atoms with Crippen molar-refractivity contribution in [3.63, 3.8) is 0 Å². The number of thiophene rings is 1. The Morgan fingerprint density at radius 3 is 2.38 bits per heavy atom. The summed E-state index contributed by atoms with van der Waals surface area (Å²) in [6.07, 6.45) is 1.00. The van der Waals surface area contributed by atoms with E-state index in [1.165, 1.54) is 14.9 Å². The van der Waals surface area contributed by atoms with Crippen molar-refractivity contribution in [3.05, 3.63) is 55.1 Å². The van der Waals surface area contributed by atoms with Crippen LogP contribution in [0.2, 0.25) is 0 Å². The van der Waals surface area contributed by atoms with Crippen LogP contribution in [0.25, 0.3) is 0 Å². The van der Waals surface area contributed by atoms with Gasteiger partial charge in [-0.3, -0.25) is 0 Å². The molecule has 4 heteroatoms. The van der Waals surface area contributed by atoms with Crippen LogP contribution in [0.4, 0.5) is 0 Å². The van der Waals surface area contributed by atoms with E-state index < -0.39 is 0 Å². The molecule has 0 aliphatic heterocycles. The van der Waals surface area contributed by atoms with E-state index >= 15 is 0 Å². The molecular formula is C12H9Br3S. The molecule has 1 unspecified atom stereocenters. The highest BCUT2D eigenvalue weighted by Gasteiger charge is 2.14. The zero-order valence-electron chi connectivity index (χ0n) is 8.29. The Bertz CT molecular complexity index is 464. The monoisotopic (exact) mass is 422 g/mol. The molecule has 1 heterocycles.